The predicted octanol–water partition coefficient (Wildman–Crippen LogP) is 8.43. The maximum absolute atomic E-state index is 11.2. The smallest absolute Gasteiger partial charge is 0.328 e. The average molecular weight is 435 g/mol. The Morgan fingerprint density at radius 3 is 1.79 bits per heavy atom. The summed E-state index contributed by atoms with van der Waals surface area (Å²) in [6.07, 6.45) is 2.92. The topological polar surface area (TPSA) is 37.3 Å². The SMILES string of the molecule is CC(C)(C)c1cc2cc(C(C)(C)C)cc3c4ccc(/C=C/C(=O)O)c5cccc(c(c1)c23)c54. The molecule has 0 fully saturated rings. The lowest BCUT2D eigenvalue weighted by Gasteiger charge is -2.25. The van der Waals surface area contributed by atoms with Gasteiger partial charge in [0, 0.05) is 6.08 Å². The Hall–Kier alpha value is -3.39. The van der Waals surface area contributed by atoms with E-state index in [0.29, 0.717) is 0 Å². The molecular weight excluding hydrogens is 404 g/mol. The first-order chi connectivity index (χ1) is 15.4. The van der Waals surface area contributed by atoms with E-state index < -0.39 is 5.97 Å². The van der Waals surface area contributed by atoms with Gasteiger partial charge in [-0.25, -0.2) is 4.79 Å². The van der Waals surface area contributed by atoms with Crippen LogP contribution in [0, 0.1) is 0 Å². The fourth-order valence-corrected chi connectivity index (χ4v) is 4.99. The predicted molar refractivity (Wildman–Crippen MR) is 142 cm³/mol. The molecular formula is C31H30O2. The summed E-state index contributed by atoms with van der Waals surface area (Å²) in [4.78, 5) is 11.2. The Bertz CT molecular complexity index is 1520. The zero-order valence-corrected chi connectivity index (χ0v) is 20.2. The highest BCUT2D eigenvalue weighted by molar-refractivity contribution is 6.33. The molecule has 33 heavy (non-hydrogen) atoms. The molecule has 0 unspecified atom stereocenters. The Morgan fingerprint density at radius 1 is 0.697 bits per heavy atom. The van der Waals surface area contributed by atoms with E-state index in [-0.39, 0.29) is 10.8 Å². The van der Waals surface area contributed by atoms with E-state index in [1.807, 2.05) is 6.07 Å². The average Bonchev–Trinajstić information content (AvgIpc) is 2.73. The third kappa shape index (κ3) is 3.45. The van der Waals surface area contributed by atoms with Gasteiger partial charge in [-0.05, 0) is 88.8 Å². The highest BCUT2D eigenvalue weighted by Gasteiger charge is 2.22. The molecule has 5 rings (SSSR count). The van der Waals surface area contributed by atoms with E-state index >= 15 is 0 Å². The molecule has 0 saturated heterocycles. The van der Waals surface area contributed by atoms with Crippen LogP contribution in [0.25, 0.3) is 49.2 Å². The first-order valence-corrected chi connectivity index (χ1v) is 11.6. The minimum absolute atomic E-state index is 0.0306. The number of carbonyl (C=O) groups is 1. The van der Waals surface area contributed by atoms with Gasteiger partial charge in [0.25, 0.3) is 0 Å². The molecule has 0 amide bonds. The van der Waals surface area contributed by atoms with Crippen LogP contribution in [0.15, 0.2) is 60.7 Å². The standard InChI is InChI=1S/C31H30O2/c1-30(2,3)20-14-19-15-21(31(4,5)6)17-26-24-12-10-18(11-13-27(32)33)22-8-7-9-23(29(22)24)25(16-20)28(19)26/h7-17H,1-6H3,(H,32,33)/b13-11+. The van der Waals surface area contributed by atoms with Gasteiger partial charge >= 0.3 is 5.97 Å². The van der Waals surface area contributed by atoms with Crippen molar-refractivity contribution in [3.8, 4) is 0 Å². The van der Waals surface area contributed by atoms with Crippen LogP contribution in [0.5, 0.6) is 0 Å². The van der Waals surface area contributed by atoms with Crippen molar-refractivity contribution in [1.29, 1.82) is 0 Å². The summed E-state index contributed by atoms with van der Waals surface area (Å²) in [7, 11) is 0. The minimum Gasteiger partial charge on any atom is -0.478 e. The number of aliphatic carboxylic acids is 1. The second-order valence-electron chi connectivity index (χ2n) is 11.2. The third-order valence-electron chi connectivity index (χ3n) is 6.84. The number of carboxylic acids is 1. The second kappa shape index (κ2) is 7.05. The lowest BCUT2D eigenvalue weighted by atomic mass is 9.79. The summed E-state index contributed by atoms with van der Waals surface area (Å²) in [5, 5.41) is 19.0. The molecule has 0 aliphatic carbocycles. The summed E-state index contributed by atoms with van der Waals surface area (Å²) >= 11 is 0. The van der Waals surface area contributed by atoms with Crippen molar-refractivity contribution in [2.45, 2.75) is 52.4 Å². The van der Waals surface area contributed by atoms with Crippen LogP contribution in [0.1, 0.15) is 58.2 Å². The Morgan fingerprint density at radius 2 is 1.24 bits per heavy atom. The molecule has 1 N–H and O–H groups in total. The van der Waals surface area contributed by atoms with E-state index in [0.717, 1.165) is 10.9 Å². The molecule has 0 atom stereocenters. The highest BCUT2D eigenvalue weighted by Crippen LogP contribution is 2.44. The van der Waals surface area contributed by atoms with Crippen LogP contribution in [0.3, 0.4) is 0 Å². The van der Waals surface area contributed by atoms with E-state index in [1.165, 1.54) is 54.9 Å². The summed E-state index contributed by atoms with van der Waals surface area (Å²) in [6.45, 7) is 13.6. The number of hydrogen-bond acceptors (Lipinski definition) is 1. The molecule has 2 nitrogen and oxygen atoms in total. The Labute approximate surface area is 194 Å². The lowest BCUT2D eigenvalue weighted by Crippen LogP contribution is -2.12. The monoisotopic (exact) mass is 434 g/mol. The minimum atomic E-state index is -0.935. The molecule has 0 spiro atoms. The van der Waals surface area contributed by atoms with E-state index in [9.17, 15) is 9.90 Å². The molecule has 0 radical (unpaired) electrons. The third-order valence-corrected chi connectivity index (χ3v) is 6.84. The normalized spacial score (nSPS) is 13.3. The van der Waals surface area contributed by atoms with Crippen LogP contribution in [-0.2, 0) is 15.6 Å². The van der Waals surface area contributed by atoms with Gasteiger partial charge in [-0.3, -0.25) is 0 Å². The van der Waals surface area contributed by atoms with Crippen molar-refractivity contribution in [2.24, 2.45) is 0 Å². The van der Waals surface area contributed by atoms with Gasteiger partial charge in [0.1, 0.15) is 0 Å². The van der Waals surface area contributed by atoms with Crippen molar-refractivity contribution in [3.63, 3.8) is 0 Å². The Balaban J connectivity index is 2.05. The van der Waals surface area contributed by atoms with E-state index in [2.05, 4.69) is 90.1 Å². The zero-order chi connectivity index (χ0) is 23.7. The van der Waals surface area contributed by atoms with Crippen LogP contribution in [-0.4, -0.2) is 11.1 Å². The molecule has 2 heteroatoms. The quantitative estimate of drug-likeness (QED) is 0.172. The molecule has 5 aromatic carbocycles. The van der Waals surface area contributed by atoms with Crippen molar-refractivity contribution < 1.29 is 9.90 Å². The van der Waals surface area contributed by atoms with Gasteiger partial charge in [0.05, 0.1) is 0 Å². The van der Waals surface area contributed by atoms with Crippen molar-refractivity contribution in [1.82, 2.24) is 0 Å². The van der Waals surface area contributed by atoms with Crippen LogP contribution in [0.4, 0.5) is 0 Å². The number of hydrogen-bond donors (Lipinski definition) is 1. The van der Waals surface area contributed by atoms with Crippen molar-refractivity contribution in [3.05, 3.63) is 77.4 Å². The largest absolute Gasteiger partial charge is 0.478 e. The summed E-state index contributed by atoms with van der Waals surface area (Å²) in [5.74, 6) is -0.935. The maximum atomic E-state index is 11.2. The van der Waals surface area contributed by atoms with Crippen molar-refractivity contribution >= 4 is 55.1 Å². The molecule has 0 saturated carbocycles. The van der Waals surface area contributed by atoms with Gasteiger partial charge in [0.2, 0.25) is 0 Å². The van der Waals surface area contributed by atoms with Gasteiger partial charge in [-0.15, -0.1) is 0 Å². The molecule has 0 aliphatic heterocycles. The number of fused-ring (bicyclic) bond motifs is 2. The molecule has 5 aromatic rings. The molecule has 166 valence electrons. The van der Waals surface area contributed by atoms with Gasteiger partial charge in [-0.1, -0.05) is 84.0 Å². The molecule has 0 bridgehead atoms. The maximum Gasteiger partial charge on any atom is 0.328 e. The summed E-state index contributed by atoms with van der Waals surface area (Å²) < 4.78 is 0. The fourth-order valence-electron chi connectivity index (χ4n) is 4.99. The molecule has 0 aromatic heterocycles. The summed E-state index contributed by atoms with van der Waals surface area (Å²) in [6, 6.07) is 20.1. The number of carboxylic acid groups (broad SMARTS) is 1. The highest BCUT2D eigenvalue weighted by atomic mass is 16.4. The van der Waals surface area contributed by atoms with Crippen LogP contribution >= 0.6 is 0 Å². The van der Waals surface area contributed by atoms with E-state index in [4.69, 9.17) is 0 Å². The van der Waals surface area contributed by atoms with Gasteiger partial charge < -0.3 is 5.11 Å². The lowest BCUT2D eigenvalue weighted by molar-refractivity contribution is -0.131. The van der Waals surface area contributed by atoms with E-state index in [1.54, 1.807) is 6.08 Å². The Kier molecular flexibility index (Phi) is 4.59. The van der Waals surface area contributed by atoms with Crippen molar-refractivity contribution in [2.75, 3.05) is 0 Å². The number of benzene rings is 5. The van der Waals surface area contributed by atoms with Gasteiger partial charge in [-0.2, -0.15) is 0 Å². The van der Waals surface area contributed by atoms with Crippen LogP contribution < -0.4 is 0 Å². The first kappa shape index (κ1) is 21.5. The first-order valence-electron chi connectivity index (χ1n) is 11.6. The second-order valence-corrected chi connectivity index (χ2v) is 11.2. The summed E-state index contributed by atoms with van der Waals surface area (Å²) in [5.41, 5.74) is 3.64. The number of rotatable bonds is 2. The fraction of sp³-hybridized carbons (Fsp3) is 0.258. The van der Waals surface area contributed by atoms with Crippen LogP contribution in [0.2, 0.25) is 0 Å². The molecule has 0 heterocycles. The zero-order valence-electron chi connectivity index (χ0n) is 20.2. The van der Waals surface area contributed by atoms with Gasteiger partial charge in [0.15, 0.2) is 0 Å². The molecule has 0 aliphatic rings.